The fourth-order valence-electron chi connectivity index (χ4n) is 3.04. The second-order valence-corrected chi connectivity index (χ2v) is 9.66. The molecule has 0 aliphatic carbocycles. The lowest BCUT2D eigenvalue weighted by atomic mass is 10.2. The van der Waals surface area contributed by atoms with Crippen LogP contribution in [0, 0.1) is 15.9 Å². The molecule has 0 saturated carbocycles. The zero-order valence-electron chi connectivity index (χ0n) is 19.9. The normalized spacial score (nSPS) is 11.1. The van der Waals surface area contributed by atoms with Crippen LogP contribution in [0.3, 0.4) is 0 Å². The number of halogens is 1. The quantitative estimate of drug-likeness (QED) is 0.214. The molecule has 0 aliphatic heterocycles. The number of carbonyl (C=O) groups excluding carboxylic acids is 2. The van der Waals surface area contributed by atoms with E-state index in [-0.39, 0.29) is 18.0 Å². The van der Waals surface area contributed by atoms with Crippen molar-refractivity contribution in [2.24, 2.45) is 5.10 Å². The van der Waals surface area contributed by atoms with E-state index in [2.05, 4.69) is 15.8 Å². The molecule has 198 valence electrons. The number of non-ortho nitro benzene ring substituents is 1. The van der Waals surface area contributed by atoms with Gasteiger partial charge in [-0.25, -0.2) is 18.2 Å². The van der Waals surface area contributed by atoms with Crippen LogP contribution >= 0.6 is 0 Å². The van der Waals surface area contributed by atoms with Gasteiger partial charge in [-0.3, -0.25) is 24.0 Å². The molecule has 2 N–H and O–H groups in total. The number of anilines is 2. The summed E-state index contributed by atoms with van der Waals surface area (Å²) in [6.45, 7) is -0.924. The fourth-order valence-corrected chi connectivity index (χ4v) is 3.88. The van der Waals surface area contributed by atoms with E-state index >= 15 is 0 Å². The Kier molecular flexibility index (Phi) is 9.05. The molecule has 0 unspecified atom stereocenters. The Bertz CT molecular complexity index is 1450. The number of hydrogen-bond donors (Lipinski definition) is 2. The number of benzene rings is 3. The van der Waals surface area contributed by atoms with Gasteiger partial charge < -0.3 is 10.1 Å². The lowest BCUT2D eigenvalue weighted by Crippen LogP contribution is -2.39. The molecular weight excluding hydrogens is 521 g/mol. The first-order valence-electron chi connectivity index (χ1n) is 10.8. The summed E-state index contributed by atoms with van der Waals surface area (Å²) in [7, 11) is -3.93. The highest BCUT2D eigenvalue weighted by Gasteiger charge is 2.22. The maximum absolute atomic E-state index is 12.9. The van der Waals surface area contributed by atoms with E-state index in [1.165, 1.54) is 48.7 Å². The number of nitro benzene ring substituents is 1. The van der Waals surface area contributed by atoms with Crippen molar-refractivity contribution >= 4 is 45.1 Å². The highest BCUT2D eigenvalue weighted by Crippen LogP contribution is 2.23. The molecule has 38 heavy (non-hydrogen) atoms. The Morgan fingerprint density at radius 1 is 1.08 bits per heavy atom. The molecule has 0 fully saturated rings. The zero-order chi connectivity index (χ0) is 27.7. The highest BCUT2D eigenvalue weighted by molar-refractivity contribution is 7.92. The van der Waals surface area contributed by atoms with Gasteiger partial charge in [-0.1, -0.05) is 6.07 Å². The minimum atomic E-state index is -3.93. The monoisotopic (exact) mass is 543 g/mol. The summed E-state index contributed by atoms with van der Waals surface area (Å²) >= 11 is 0. The van der Waals surface area contributed by atoms with Crippen LogP contribution in [0.25, 0.3) is 0 Å². The second kappa shape index (κ2) is 12.4. The predicted molar refractivity (Wildman–Crippen MR) is 138 cm³/mol. The topological polar surface area (TPSA) is 160 Å². The number of ether oxygens (including phenoxy) is 1. The van der Waals surface area contributed by atoms with Crippen molar-refractivity contribution in [3.63, 3.8) is 0 Å². The van der Waals surface area contributed by atoms with Gasteiger partial charge in [0.15, 0.2) is 6.61 Å². The largest absolute Gasteiger partial charge is 0.484 e. The molecule has 0 radical (unpaired) electrons. The molecule has 12 nitrogen and oxygen atoms in total. The van der Waals surface area contributed by atoms with Gasteiger partial charge in [0.2, 0.25) is 10.0 Å². The third kappa shape index (κ3) is 8.37. The Morgan fingerprint density at radius 2 is 1.76 bits per heavy atom. The first kappa shape index (κ1) is 27.7. The molecule has 3 aromatic rings. The summed E-state index contributed by atoms with van der Waals surface area (Å²) < 4.78 is 43.4. The summed E-state index contributed by atoms with van der Waals surface area (Å²) in [5.74, 6) is -1.23. The van der Waals surface area contributed by atoms with Gasteiger partial charge in [0.05, 0.1) is 23.1 Å². The molecule has 3 rings (SSSR count). The lowest BCUT2D eigenvalue weighted by Gasteiger charge is -2.21. The molecule has 0 aromatic heterocycles. The molecular formula is C24H22FN5O7S. The maximum Gasteiger partial charge on any atom is 0.271 e. The van der Waals surface area contributed by atoms with Gasteiger partial charge in [0.1, 0.15) is 18.1 Å². The summed E-state index contributed by atoms with van der Waals surface area (Å²) in [4.78, 5) is 34.6. The van der Waals surface area contributed by atoms with E-state index in [1.807, 2.05) is 0 Å². The van der Waals surface area contributed by atoms with E-state index in [1.54, 1.807) is 24.3 Å². The van der Waals surface area contributed by atoms with Crippen LogP contribution in [0.5, 0.6) is 5.75 Å². The number of sulfonamides is 1. The van der Waals surface area contributed by atoms with E-state index < -0.39 is 39.1 Å². The number of nitrogens with zero attached hydrogens (tertiary/aromatic N) is 3. The summed E-state index contributed by atoms with van der Waals surface area (Å²) in [5.41, 5.74) is 2.83. The zero-order valence-corrected chi connectivity index (χ0v) is 20.7. The van der Waals surface area contributed by atoms with Crippen LogP contribution in [0.2, 0.25) is 0 Å². The van der Waals surface area contributed by atoms with Crippen LogP contribution in [0.4, 0.5) is 21.5 Å². The third-order valence-electron chi connectivity index (χ3n) is 4.80. The van der Waals surface area contributed by atoms with E-state index in [9.17, 15) is 32.5 Å². The molecule has 0 atom stereocenters. The van der Waals surface area contributed by atoms with Crippen molar-refractivity contribution in [2.45, 2.75) is 0 Å². The van der Waals surface area contributed by atoms with E-state index in [0.29, 0.717) is 17.0 Å². The molecule has 3 aromatic carbocycles. The molecule has 0 spiro atoms. The first-order valence-corrected chi connectivity index (χ1v) is 12.7. The molecule has 0 heterocycles. The van der Waals surface area contributed by atoms with Gasteiger partial charge in [-0.05, 0) is 60.2 Å². The standard InChI is InChI=1S/C24H22FN5O7S/c1-38(35,36)29(20-3-2-4-21(13-20)30(33)34)15-23(31)28-26-14-17-5-11-22(12-6-17)37-16-24(32)27-19-9-7-18(25)8-10-19/h2-14H,15-16H2,1H3,(H,27,32)(H,28,31)/b26-14-. The number of carbonyl (C=O) groups is 2. The Balaban J connectivity index is 1.52. The van der Waals surface area contributed by atoms with Crippen LogP contribution in [-0.4, -0.2) is 50.8 Å². The van der Waals surface area contributed by atoms with Gasteiger partial charge in [-0.15, -0.1) is 0 Å². The molecule has 14 heteroatoms. The summed E-state index contributed by atoms with van der Waals surface area (Å²) in [6.07, 6.45) is 2.18. The van der Waals surface area contributed by atoms with Crippen LogP contribution in [-0.2, 0) is 19.6 Å². The number of nitro groups is 1. The average molecular weight is 544 g/mol. The molecule has 0 bridgehead atoms. The van der Waals surface area contributed by atoms with Crippen molar-refractivity contribution in [3.05, 3.63) is 94.3 Å². The number of hydrogen-bond acceptors (Lipinski definition) is 8. The summed E-state index contributed by atoms with van der Waals surface area (Å²) in [6, 6.07) is 16.5. The average Bonchev–Trinajstić information content (AvgIpc) is 2.87. The van der Waals surface area contributed by atoms with Gasteiger partial charge >= 0.3 is 0 Å². The summed E-state index contributed by atoms with van der Waals surface area (Å²) in [5, 5.41) is 17.3. The van der Waals surface area contributed by atoms with Crippen molar-refractivity contribution in [1.29, 1.82) is 0 Å². The minimum Gasteiger partial charge on any atom is -0.484 e. The Morgan fingerprint density at radius 3 is 2.39 bits per heavy atom. The molecule has 0 aliphatic rings. The minimum absolute atomic E-state index is 0.0391. The predicted octanol–water partition coefficient (Wildman–Crippen LogP) is 2.67. The van der Waals surface area contributed by atoms with Crippen molar-refractivity contribution in [3.8, 4) is 5.75 Å². The molecule has 0 saturated heterocycles. The number of nitrogens with one attached hydrogen (secondary N) is 2. The fraction of sp³-hybridized carbons (Fsp3) is 0.125. The Hall–Kier alpha value is -4.85. The number of amides is 2. The van der Waals surface area contributed by atoms with Gasteiger partial charge in [0.25, 0.3) is 17.5 Å². The smallest absolute Gasteiger partial charge is 0.271 e. The van der Waals surface area contributed by atoms with Gasteiger partial charge in [0, 0.05) is 17.8 Å². The van der Waals surface area contributed by atoms with Crippen molar-refractivity contribution in [1.82, 2.24) is 5.43 Å². The third-order valence-corrected chi connectivity index (χ3v) is 5.94. The first-order chi connectivity index (χ1) is 18.0. The van der Waals surface area contributed by atoms with E-state index in [4.69, 9.17) is 4.74 Å². The van der Waals surface area contributed by atoms with Gasteiger partial charge in [-0.2, -0.15) is 5.10 Å². The Labute approximate surface area is 216 Å². The van der Waals surface area contributed by atoms with Crippen LogP contribution in [0.1, 0.15) is 5.56 Å². The highest BCUT2D eigenvalue weighted by atomic mass is 32.2. The second-order valence-electron chi connectivity index (χ2n) is 7.75. The number of rotatable bonds is 11. The van der Waals surface area contributed by atoms with Crippen molar-refractivity contribution in [2.75, 3.05) is 29.0 Å². The van der Waals surface area contributed by atoms with Crippen molar-refractivity contribution < 1.29 is 32.1 Å². The van der Waals surface area contributed by atoms with Crippen LogP contribution < -0.4 is 19.8 Å². The van der Waals surface area contributed by atoms with Crippen LogP contribution in [0.15, 0.2) is 77.9 Å². The SMILES string of the molecule is CS(=O)(=O)N(CC(=O)N/N=C\c1ccc(OCC(=O)Nc2ccc(F)cc2)cc1)c1cccc([N+](=O)[O-])c1. The lowest BCUT2D eigenvalue weighted by molar-refractivity contribution is -0.384. The van der Waals surface area contributed by atoms with E-state index in [0.717, 1.165) is 16.6 Å². The number of hydrazone groups is 1. The maximum atomic E-state index is 12.9. The molecule has 2 amide bonds.